The standard InChI is InChI=1S/C25H27F5N8O2S/c1-37-19(8-18(36-37)25(28,29)30)33-24-35-32-10-38(24)13-2-3-17-15(6-13)20(22(40)31-9-11-4-12(26)5-11)23(41-17)34-21(39)14-7-16(14)27/h8,10-14,16H,2-7,9H2,1H3,(H,31,40)(H,33,35)(H,34,39)/t11?,12?,13-,14-,16+/m0/s1. The van der Waals surface area contributed by atoms with E-state index in [9.17, 15) is 31.5 Å². The van der Waals surface area contributed by atoms with Crippen LogP contribution in [0.5, 0.6) is 0 Å². The molecule has 3 aliphatic carbocycles. The molecule has 0 radical (unpaired) electrons. The summed E-state index contributed by atoms with van der Waals surface area (Å²) in [6.07, 6.45) is -2.73. The summed E-state index contributed by atoms with van der Waals surface area (Å²) in [5, 5.41) is 20.3. The van der Waals surface area contributed by atoms with Crippen LogP contribution >= 0.6 is 11.3 Å². The molecule has 220 valence electrons. The zero-order valence-corrected chi connectivity index (χ0v) is 22.7. The number of rotatable bonds is 8. The molecule has 3 aliphatic rings. The second kappa shape index (κ2) is 10.4. The van der Waals surface area contributed by atoms with Gasteiger partial charge in [0.15, 0.2) is 5.69 Å². The number of alkyl halides is 5. The van der Waals surface area contributed by atoms with Crippen LogP contribution in [0.2, 0.25) is 0 Å². The van der Waals surface area contributed by atoms with Crippen molar-refractivity contribution in [2.24, 2.45) is 18.9 Å². The Balaban J connectivity index is 1.24. The molecule has 0 aliphatic heterocycles. The highest BCUT2D eigenvalue weighted by Crippen LogP contribution is 2.43. The minimum absolute atomic E-state index is 0.0449. The van der Waals surface area contributed by atoms with Gasteiger partial charge in [-0.1, -0.05) is 0 Å². The first-order valence-electron chi connectivity index (χ1n) is 13.3. The molecular weight excluding hydrogens is 571 g/mol. The maximum absolute atomic E-state index is 13.5. The van der Waals surface area contributed by atoms with Gasteiger partial charge in [-0.3, -0.25) is 18.8 Å². The van der Waals surface area contributed by atoms with Gasteiger partial charge < -0.3 is 16.0 Å². The van der Waals surface area contributed by atoms with Crippen molar-refractivity contribution < 1.29 is 31.5 Å². The van der Waals surface area contributed by atoms with Gasteiger partial charge in [0.25, 0.3) is 5.91 Å². The Morgan fingerprint density at radius 3 is 2.61 bits per heavy atom. The van der Waals surface area contributed by atoms with Crippen molar-refractivity contribution in [3.05, 3.63) is 34.1 Å². The SMILES string of the molecule is Cn1nc(C(F)(F)F)cc1Nc1nncn1[C@H]1CCc2sc(NC(=O)[C@H]3C[C@H]3F)c(C(=O)NCC3CC(F)C3)c2C1. The quantitative estimate of drug-likeness (QED) is 0.332. The summed E-state index contributed by atoms with van der Waals surface area (Å²) in [5.74, 6) is -1.28. The van der Waals surface area contributed by atoms with Crippen molar-refractivity contribution in [2.45, 2.75) is 63.1 Å². The van der Waals surface area contributed by atoms with E-state index in [4.69, 9.17) is 0 Å². The molecule has 41 heavy (non-hydrogen) atoms. The Morgan fingerprint density at radius 1 is 1.20 bits per heavy atom. The van der Waals surface area contributed by atoms with Gasteiger partial charge in [-0.15, -0.1) is 21.5 Å². The van der Waals surface area contributed by atoms with E-state index in [-0.39, 0.29) is 30.1 Å². The van der Waals surface area contributed by atoms with E-state index >= 15 is 0 Å². The van der Waals surface area contributed by atoms with Crippen molar-refractivity contribution >= 4 is 39.9 Å². The van der Waals surface area contributed by atoms with E-state index in [2.05, 4.69) is 31.2 Å². The second-order valence-corrected chi connectivity index (χ2v) is 11.9. The number of anilines is 3. The lowest BCUT2D eigenvalue weighted by Gasteiger charge is -2.29. The van der Waals surface area contributed by atoms with E-state index in [1.165, 1.54) is 24.7 Å². The Bertz CT molecular complexity index is 1480. The number of carbonyl (C=O) groups is 2. The molecule has 0 bridgehead atoms. The van der Waals surface area contributed by atoms with Crippen LogP contribution in [-0.2, 0) is 30.9 Å². The van der Waals surface area contributed by atoms with Gasteiger partial charge in [0.2, 0.25) is 11.9 Å². The van der Waals surface area contributed by atoms with Gasteiger partial charge in [0.05, 0.1) is 11.5 Å². The average Bonchev–Trinajstić information content (AvgIpc) is 3.20. The van der Waals surface area contributed by atoms with Gasteiger partial charge in [0, 0.05) is 30.6 Å². The van der Waals surface area contributed by atoms with Crippen LogP contribution in [0.4, 0.5) is 38.7 Å². The molecule has 2 amide bonds. The molecule has 0 aromatic carbocycles. The summed E-state index contributed by atoms with van der Waals surface area (Å²) < 4.78 is 69.0. The number of nitrogens with zero attached hydrogens (tertiary/aromatic N) is 5. The number of thiophene rings is 1. The van der Waals surface area contributed by atoms with Crippen LogP contribution in [0.25, 0.3) is 0 Å². The first-order chi connectivity index (χ1) is 19.5. The predicted molar refractivity (Wildman–Crippen MR) is 138 cm³/mol. The van der Waals surface area contributed by atoms with Gasteiger partial charge in [-0.05, 0) is 50.0 Å². The first kappa shape index (κ1) is 27.6. The molecule has 3 N–H and O–H groups in total. The van der Waals surface area contributed by atoms with Gasteiger partial charge in [-0.2, -0.15) is 18.3 Å². The maximum atomic E-state index is 13.5. The molecule has 3 heterocycles. The first-order valence-corrected chi connectivity index (χ1v) is 14.1. The van der Waals surface area contributed by atoms with Crippen molar-refractivity contribution in [1.82, 2.24) is 29.9 Å². The highest BCUT2D eigenvalue weighted by molar-refractivity contribution is 7.17. The number of nitrogens with one attached hydrogen (secondary N) is 3. The molecule has 3 aromatic heterocycles. The number of hydrogen-bond acceptors (Lipinski definition) is 7. The summed E-state index contributed by atoms with van der Waals surface area (Å²) in [4.78, 5) is 26.9. The molecule has 0 saturated heterocycles. The fourth-order valence-corrected chi connectivity index (χ4v) is 6.60. The Labute approximate surface area is 234 Å². The van der Waals surface area contributed by atoms with Crippen LogP contribution in [0.3, 0.4) is 0 Å². The minimum Gasteiger partial charge on any atom is -0.352 e. The molecule has 0 spiro atoms. The zero-order valence-electron chi connectivity index (χ0n) is 21.8. The second-order valence-electron chi connectivity index (χ2n) is 10.8. The highest BCUT2D eigenvalue weighted by atomic mass is 32.1. The third kappa shape index (κ3) is 5.53. The van der Waals surface area contributed by atoms with Crippen molar-refractivity contribution in [2.75, 3.05) is 17.2 Å². The fraction of sp³-hybridized carbons (Fsp3) is 0.560. The lowest BCUT2D eigenvalue weighted by molar-refractivity contribution is -0.141. The van der Waals surface area contributed by atoms with Crippen molar-refractivity contribution in [3.8, 4) is 0 Å². The summed E-state index contributed by atoms with van der Waals surface area (Å²) in [6, 6.07) is 0.626. The maximum Gasteiger partial charge on any atom is 0.435 e. The molecule has 3 atom stereocenters. The van der Waals surface area contributed by atoms with Gasteiger partial charge >= 0.3 is 6.18 Å². The van der Waals surface area contributed by atoms with E-state index in [0.717, 1.165) is 21.2 Å². The third-order valence-corrected chi connectivity index (χ3v) is 9.06. The predicted octanol–water partition coefficient (Wildman–Crippen LogP) is 4.34. The summed E-state index contributed by atoms with van der Waals surface area (Å²) >= 11 is 1.28. The molecule has 6 rings (SSSR count). The van der Waals surface area contributed by atoms with Crippen molar-refractivity contribution in [1.29, 1.82) is 0 Å². The zero-order chi connectivity index (χ0) is 29.1. The summed E-state index contributed by atoms with van der Waals surface area (Å²) in [7, 11) is 1.38. The largest absolute Gasteiger partial charge is 0.435 e. The van der Waals surface area contributed by atoms with Gasteiger partial charge in [0.1, 0.15) is 29.5 Å². The molecule has 16 heteroatoms. The minimum atomic E-state index is -4.61. The molecule has 3 aromatic rings. The molecular formula is C25H27F5N8O2S. The smallest absolute Gasteiger partial charge is 0.352 e. The lowest BCUT2D eigenvalue weighted by Crippen LogP contribution is -2.37. The number of aromatic nitrogens is 5. The number of fused-ring (bicyclic) bond motifs is 1. The van der Waals surface area contributed by atoms with Crippen LogP contribution in [0, 0.1) is 11.8 Å². The monoisotopic (exact) mass is 598 g/mol. The van der Waals surface area contributed by atoms with E-state index < -0.39 is 41.9 Å². The summed E-state index contributed by atoms with van der Waals surface area (Å²) in [6.45, 7) is 0.306. The molecule has 10 nitrogen and oxygen atoms in total. The number of amides is 2. The number of halogens is 5. The van der Waals surface area contributed by atoms with E-state index in [1.54, 1.807) is 4.57 Å². The van der Waals surface area contributed by atoms with E-state index in [1.807, 2.05) is 0 Å². The molecule has 0 unspecified atom stereocenters. The fourth-order valence-electron chi connectivity index (χ4n) is 5.35. The number of carbonyl (C=O) groups excluding carboxylic acids is 2. The number of hydrogen-bond donors (Lipinski definition) is 3. The van der Waals surface area contributed by atoms with Gasteiger partial charge in [-0.25, -0.2) is 8.78 Å². The topological polar surface area (TPSA) is 119 Å². The van der Waals surface area contributed by atoms with E-state index in [0.29, 0.717) is 49.2 Å². The Kier molecular flexibility index (Phi) is 6.98. The van der Waals surface area contributed by atoms with Crippen molar-refractivity contribution in [3.63, 3.8) is 0 Å². The molecule has 2 fully saturated rings. The highest BCUT2D eigenvalue weighted by Gasteiger charge is 2.44. The average molecular weight is 599 g/mol. The third-order valence-electron chi connectivity index (χ3n) is 7.85. The number of aryl methyl sites for hydroxylation is 2. The Hall–Kier alpha value is -3.56. The Morgan fingerprint density at radius 2 is 1.95 bits per heavy atom. The summed E-state index contributed by atoms with van der Waals surface area (Å²) in [5.41, 5.74) is -0.0176. The molecule has 2 saturated carbocycles. The van der Waals surface area contributed by atoms with Crippen LogP contribution in [-0.4, -0.2) is 55.2 Å². The normalized spacial score (nSPS) is 25.3. The van der Waals surface area contributed by atoms with Crippen LogP contribution in [0.1, 0.15) is 58.2 Å². The van der Waals surface area contributed by atoms with Crippen LogP contribution in [0.15, 0.2) is 12.4 Å². The van der Waals surface area contributed by atoms with Crippen LogP contribution < -0.4 is 16.0 Å². The lowest BCUT2D eigenvalue weighted by atomic mass is 9.83.